The van der Waals surface area contributed by atoms with Crippen LogP contribution in [0.3, 0.4) is 0 Å². The third-order valence-electron chi connectivity index (χ3n) is 4.65. The highest BCUT2D eigenvalue weighted by molar-refractivity contribution is 6.09. The molecule has 0 unspecified atom stereocenters. The molecular weight excluding hydrogens is 352 g/mol. The number of aryl methyl sites for hydroxylation is 1. The number of para-hydroxylation sites is 3. The van der Waals surface area contributed by atoms with Crippen LogP contribution in [0, 0.1) is 0 Å². The van der Waals surface area contributed by atoms with E-state index >= 15 is 0 Å². The minimum absolute atomic E-state index is 0.0947. The number of nitrogens with two attached hydrogens (primary N) is 1. The second-order valence-corrected chi connectivity index (χ2v) is 6.35. The molecule has 0 radical (unpaired) electrons. The Morgan fingerprint density at radius 2 is 1.82 bits per heavy atom. The first-order valence-electron chi connectivity index (χ1n) is 9.08. The van der Waals surface area contributed by atoms with Crippen LogP contribution >= 0.6 is 0 Å². The van der Waals surface area contributed by atoms with Crippen molar-refractivity contribution in [1.82, 2.24) is 14.5 Å². The highest BCUT2D eigenvalue weighted by Gasteiger charge is 2.26. The van der Waals surface area contributed by atoms with Gasteiger partial charge in [0.25, 0.3) is 0 Å². The topological polar surface area (TPSA) is 83.0 Å². The van der Waals surface area contributed by atoms with Crippen molar-refractivity contribution in [2.45, 2.75) is 13.3 Å². The summed E-state index contributed by atoms with van der Waals surface area (Å²) in [7, 11) is 0. The molecule has 0 saturated heterocycles. The van der Waals surface area contributed by atoms with Gasteiger partial charge >= 0.3 is 5.97 Å². The van der Waals surface area contributed by atoms with Crippen LogP contribution in [0.2, 0.25) is 0 Å². The first-order chi connectivity index (χ1) is 13.7. The first-order valence-corrected chi connectivity index (χ1v) is 9.08. The average Bonchev–Trinajstić information content (AvgIpc) is 3.00. The van der Waals surface area contributed by atoms with E-state index in [-0.39, 0.29) is 18.0 Å². The summed E-state index contributed by atoms with van der Waals surface area (Å²) >= 11 is 0. The molecule has 0 aliphatic carbocycles. The highest BCUT2D eigenvalue weighted by atomic mass is 16.5. The van der Waals surface area contributed by atoms with E-state index < -0.39 is 5.97 Å². The van der Waals surface area contributed by atoms with E-state index in [1.807, 2.05) is 48.5 Å². The number of benzene rings is 2. The van der Waals surface area contributed by atoms with Gasteiger partial charge in [-0.3, -0.25) is 4.57 Å². The molecule has 6 heteroatoms. The van der Waals surface area contributed by atoms with Crippen molar-refractivity contribution in [1.29, 1.82) is 0 Å². The maximum absolute atomic E-state index is 12.7. The summed E-state index contributed by atoms with van der Waals surface area (Å²) in [5.74, 6) is -0.278. The zero-order chi connectivity index (χ0) is 19.7. The predicted molar refractivity (Wildman–Crippen MR) is 111 cm³/mol. The number of hydrogen-bond acceptors (Lipinski definition) is 5. The zero-order valence-electron chi connectivity index (χ0n) is 15.6. The summed E-state index contributed by atoms with van der Waals surface area (Å²) < 4.78 is 7.06. The fourth-order valence-electron chi connectivity index (χ4n) is 3.34. The largest absolute Gasteiger partial charge is 0.458 e. The van der Waals surface area contributed by atoms with Crippen LogP contribution in [0.5, 0.6) is 0 Å². The summed E-state index contributed by atoms with van der Waals surface area (Å²) in [4.78, 5) is 22.2. The van der Waals surface area contributed by atoms with Crippen LogP contribution < -0.4 is 5.73 Å². The van der Waals surface area contributed by atoms with Gasteiger partial charge in [-0.2, -0.15) is 0 Å². The average molecular weight is 372 g/mol. The van der Waals surface area contributed by atoms with Crippen LogP contribution in [-0.2, 0) is 11.2 Å². The Bertz CT molecular complexity index is 1210. The van der Waals surface area contributed by atoms with E-state index in [1.54, 1.807) is 4.57 Å². The van der Waals surface area contributed by atoms with Gasteiger partial charge in [-0.05, 0) is 30.2 Å². The number of nitrogen functional groups attached to an aromatic ring is 1. The van der Waals surface area contributed by atoms with Crippen molar-refractivity contribution >= 4 is 34.0 Å². The summed E-state index contributed by atoms with van der Waals surface area (Å²) in [5.41, 5.74) is 11.0. The number of esters is 1. The van der Waals surface area contributed by atoms with Crippen molar-refractivity contribution in [3.8, 4) is 5.69 Å². The number of carbonyl (C=O) groups is 1. The lowest BCUT2D eigenvalue weighted by Gasteiger charge is -2.12. The maximum atomic E-state index is 12.7. The van der Waals surface area contributed by atoms with Gasteiger partial charge in [-0.1, -0.05) is 49.9 Å². The molecule has 0 aliphatic heterocycles. The monoisotopic (exact) mass is 372 g/mol. The van der Waals surface area contributed by atoms with Gasteiger partial charge < -0.3 is 10.5 Å². The quantitative estimate of drug-likeness (QED) is 0.422. The molecule has 0 saturated carbocycles. The summed E-state index contributed by atoms with van der Waals surface area (Å²) in [6.45, 7) is 5.75. The second kappa shape index (κ2) is 7.15. The number of carbonyl (C=O) groups excluding carboxylic acids is 1. The van der Waals surface area contributed by atoms with Crippen LogP contribution in [-0.4, -0.2) is 27.1 Å². The normalized spacial score (nSPS) is 11.0. The lowest BCUT2D eigenvalue weighted by molar-refractivity contribution is 0.0553. The molecule has 2 aromatic heterocycles. The van der Waals surface area contributed by atoms with E-state index in [1.165, 1.54) is 6.08 Å². The Morgan fingerprint density at radius 3 is 2.54 bits per heavy atom. The molecule has 2 aromatic carbocycles. The molecular formula is C22H20N4O2. The molecule has 0 amide bonds. The minimum Gasteiger partial charge on any atom is -0.458 e. The summed E-state index contributed by atoms with van der Waals surface area (Å²) in [6.07, 6.45) is 2.33. The molecule has 0 atom stereocenters. The molecule has 4 aromatic rings. The van der Waals surface area contributed by atoms with Gasteiger partial charge in [-0.25, -0.2) is 14.8 Å². The maximum Gasteiger partial charge on any atom is 0.344 e. The van der Waals surface area contributed by atoms with Crippen LogP contribution in [0.4, 0.5) is 5.82 Å². The van der Waals surface area contributed by atoms with Crippen LogP contribution in [0.25, 0.3) is 27.9 Å². The van der Waals surface area contributed by atoms with Crippen molar-refractivity contribution < 1.29 is 9.53 Å². The number of aromatic nitrogens is 3. The van der Waals surface area contributed by atoms with Crippen LogP contribution in [0.1, 0.15) is 22.8 Å². The molecule has 0 spiro atoms. The van der Waals surface area contributed by atoms with Crippen LogP contribution in [0.15, 0.2) is 61.2 Å². The Morgan fingerprint density at radius 1 is 1.14 bits per heavy atom. The number of hydrogen-bond donors (Lipinski definition) is 1. The Balaban J connectivity index is 2.09. The molecule has 0 fully saturated rings. The van der Waals surface area contributed by atoms with E-state index in [0.29, 0.717) is 16.7 Å². The predicted octanol–water partition coefficient (Wildman–Crippen LogP) is 4.06. The Labute approximate surface area is 162 Å². The summed E-state index contributed by atoms with van der Waals surface area (Å²) in [5, 5.41) is 0. The number of rotatable bonds is 5. The highest BCUT2D eigenvalue weighted by Crippen LogP contribution is 2.32. The number of nitrogens with zero attached hydrogens (tertiary/aromatic N) is 3. The van der Waals surface area contributed by atoms with E-state index in [9.17, 15) is 4.79 Å². The lowest BCUT2D eigenvalue weighted by atomic mass is 10.1. The molecule has 6 nitrogen and oxygen atoms in total. The van der Waals surface area contributed by atoms with Gasteiger partial charge in [0.05, 0.1) is 16.7 Å². The Kier molecular flexibility index (Phi) is 4.53. The third-order valence-corrected chi connectivity index (χ3v) is 4.65. The number of ether oxygens (including phenoxy) is 1. The standard InChI is InChI=1S/C22H20N4O2/c1-3-13-28-22(27)18-19-21(25-16-11-7-6-10-15(16)24-19)26(20(18)23)17-12-8-5-9-14(17)4-2/h3,5-12H,1,4,13,23H2,2H3. The third kappa shape index (κ3) is 2.79. The molecule has 140 valence electrons. The minimum atomic E-state index is -0.542. The molecule has 4 rings (SSSR count). The van der Waals surface area contributed by atoms with Crippen molar-refractivity contribution in [3.05, 3.63) is 72.3 Å². The molecule has 2 heterocycles. The zero-order valence-corrected chi connectivity index (χ0v) is 15.6. The lowest BCUT2D eigenvalue weighted by Crippen LogP contribution is -2.10. The second-order valence-electron chi connectivity index (χ2n) is 6.35. The SMILES string of the molecule is C=CCOC(=O)c1c(N)n(-c2ccccc2CC)c2nc3ccccc3nc12. The first kappa shape index (κ1) is 17.7. The molecule has 0 bridgehead atoms. The molecule has 28 heavy (non-hydrogen) atoms. The van der Waals surface area contributed by atoms with Gasteiger partial charge in [0.2, 0.25) is 0 Å². The molecule has 0 aliphatic rings. The molecule has 2 N–H and O–H groups in total. The van der Waals surface area contributed by atoms with Gasteiger partial charge in [0.1, 0.15) is 23.5 Å². The fourth-order valence-corrected chi connectivity index (χ4v) is 3.34. The van der Waals surface area contributed by atoms with E-state index in [4.69, 9.17) is 15.5 Å². The van der Waals surface area contributed by atoms with Gasteiger partial charge in [-0.15, -0.1) is 0 Å². The van der Waals surface area contributed by atoms with E-state index in [2.05, 4.69) is 18.5 Å². The van der Waals surface area contributed by atoms with Gasteiger partial charge in [0.15, 0.2) is 5.65 Å². The fraction of sp³-hybridized carbons (Fsp3) is 0.136. The summed E-state index contributed by atoms with van der Waals surface area (Å²) in [6, 6.07) is 15.4. The van der Waals surface area contributed by atoms with Crippen molar-refractivity contribution in [3.63, 3.8) is 0 Å². The number of fused-ring (bicyclic) bond motifs is 2. The van der Waals surface area contributed by atoms with E-state index in [0.717, 1.165) is 23.2 Å². The van der Waals surface area contributed by atoms with Crippen molar-refractivity contribution in [2.75, 3.05) is 12.3 Å². The smallest absolute Gasteiger partial charge is 0.344 e. The number of anilines is 1. The Hall–Kier alpha value is -3.67. The van der Waals surface area contributed by atoms with Gasteiger partial charge in [0, 0.05) is 0 Å². The van der Waals surface area contributed by atoms with Crippen molar-refractivity contribution in [2.24, 2.45) is 0 Å².